The Kier molecular flexibility index (Phi) is 4.91. The first kappa shape index (κ1) is 19.0. The maximum Gasteiger partial charge on any atom is 0.270 e. The van der Waals surface area contributed by atoms with E-state index < -0.39 is 12.2 Å². The van der Waals surface area contributed by atoms with Crippen molar-refractivity contribution < 1.29 is 28.5 Å². The number of ether oxygens (including phenoxy) is 5. The summed E-state index contributed by atoms with van der Waals surface area (Å²) < 4.78 is 28.0. The van der Waals surface area contributed by atoms with Crippen LogP contribution in [0.1, 0.15) is 12.5 Å². The van der Waals surface area contributed by atoms with Gasteiger partial charge in [-0.1, -0.05) is 18.2 Å². The number of amides is 1. The lowest BCUT2D eigenvalue weighted by molar-refractivity contribution is -0.128. The van der Waals surface area contributed by atoms with Crippen LogP contribution in [-0.4, -0.2) is 34.9 Å². The molecule has 0 unspecified atom stereocenters. The highest BCUT2D eigenvalue weighted by Crippen LogP contribution is 2.34. The highest BCUT2D eigenvalue weighted by molar-refractivity contribution is 5.94. The van der Waals surface area contributed by atoms with Crippen LogP contribution in [0.3, 0.4) is 0 Å². The monoisotopic (exact) mass is 421 g/mol. The highest BCUT2D eigenvalue weighted by atomic mass is 16.7. The lowest BCUT2D eigenvalue weighted by Crippen LogP contribution is -2.46. The summed E-state index contributed by atoms with van der Waals surface area (Å²) in [6.45, 7) is 2.27. The molecule has 1 amide bonds. The SMILES string of the molecule is C[C@@H]1Oc2ccccc2O[C@H]1C(=O)Nc1cc(OCc2ccc3c(c2)OCO3)ncn1. The number of hydrogen-bond acceptors (Lipinski definition) is 8. The Bertz CT molecular complexity index is 1120. The minimum Gasteiger partial charge on any atom is -0.482 e. The van der Waals surface area contributed by atoms with Crippen molar-refractivity contribution in [1.82, 2.24) is 9.97 Å². The number of carbonyl (C=O) groups excluding carboxylic acids is 1. The van der Waals surface area contributed by atoms with Crippen LogP contribution in [0.2, 0.25) is 0 Å². The zero-order valence-corrected chi connectivity index (χ0v) is 16.6. The number of hydrogen-bond donors (Lipinski definition) is 1. The molecular formula is C22H19N3O6. The fourth-order valence-electron chi connectivity index (χ4n) is 3.28. The van der Waals surface area contributed by atoms with Crippen LogP contribution in [0.25, 0.3) is 0 Å². The summed E-state index contributed by atoms with van der Waals surface area (Å²) >= 11 is 0. The average Bonchev–Trinajstić information content (AvgIpc) is 3.25. The molecule has 0 fully saturated rings. The molecule has 5 rings (SSSR count). The van der Waals surface area contributed by atoms with E-state index in [1.165, 1.54) is 6.33 Å². The second kappa shape index (κ2) is 8.02. The van der Waals surface area contributed by atoms with Crippen molar-refractivity contribution in [2.45, 2.75) is 25.7 Å². The van der Waals surface area contributed by atoms with Crippen molar-refractivity contribution in [3.63, 3.8) is 0 Å². The van der Waals surface area contributed by atoms with Crippen LogP contribution in [0, 0.1) is 0 Å². The Hall–Kier alpha value is -4.01. The van der Waals surface area contributed by atoms with Gasteiger partial charge in [-0.3, -0.25) is 4.79 Å². The van der Waals surface area contributed by atoms with Gasteiger partial charge in [-0.25, -0.2) is 9.97 Å². The molecule has 0 bridgehead atoms. The summed E-state index contributed by atoms with van der Waals surface area (Å²) in [6, 6.07) is 14.3. The minimum absolute atomic E-state index is 0.217. The smallest absolute Gasteiger partial charge is 0.270 e. The fraction of sp³-hybridized carbons (Fsp3) is 0.227. The number of para-hydroxylation sites is 2. The molecule has 31 heavy (non-hydrogen) atoms. The van der Waals surface area contributed by atoms with E-state index in [4.69, 9.17) is 23.7 Å². The third-order valence-corrected chi connectivity index (χ3v) is 4.82. The maximum absolute atomic E-state index is 12.7. The second-order valence-electron chi connectivity index (χ2n) is 7.02. The van der Waals surface area contributed by atoms with Gasteiger partial charge < -0.3 is 29.0 Å². The van der Waals surface area contributed by atoms with E-state index in [9.17, 15) is 4.79 Å². The zero-order chi connectivity index (χ0) is 21.2. The summed E-state index contributed by atoms with van der Waals surface area (Å²) in [4.78, 5) is 20.9. The van der Waals surface area contributed by atoms with E-state index >= 15 is 0 Å². The molecule has 2 aromatic carbocycles. The van der Waals surface area contributed by atoms with E-state index in [1.807, 2.05) is 30.3 Å². The lowest BCUT2D eigenvalue weighted by atomic mass is 10.1. The van der Waals surface area contributed by atoms with Gasteiger partial charge >= 0.3 is 0 Å². The summed E-state index contributed by atoms with van der Waals surface area (Å²) in [7, 11) is 0. The van der Waals surface area contributed by atoms with Crippen molar-refractivity contribution in [3.8, 4) is 28.9 Å². The summed E-state index contributed by atoms with van der Waals surface area (Å²) in [5.74, 6) is 2.78. The van der Waals surface area contributed by atoms with Crippen LogP contribution in [0.5, 0.6) is 28.9 Å². The van der Waals surface area contributed by atoms with Crippen LogP contribution < -0.4 is 29.0 Å². The number of fused-ring (bicyclic) bond motifs is 2. The lowest BCUT2D eigenvalue weighted by Gasteiger charge is -2.30. The molecule has 158 valence electrons. The number of carbonyl (C=O) groups is 1. The van der Waals surface area contributed by atoms with Gasteiger partial charge in [0.05, 0.1) is 0 Å². The Morgan fingerprint density at radius 3 is 2.71 bits per heavy atom. The average molecular weight is 421 g/mol. The number of nitrogens with zero attached hydrogens (tertiary/aromatic N) is 2. The van der Waals surface area contributed by atoms with Gasteiger partial charge in [0, 0.05) is 6.07 Å². The molecular weight excluding hydrogens is 402 g/mol. The number of rotatable bonds is 5. The van der Waals surface area contributed by atoms with Gasteiger partial charge in [-0.2, -0.15) is 0 Å². The van der Waals surface area contributed by atoms with Crippen LogP contribution >= 0.6 is 0 Å². The van der Waals surface area contributed by atoms with Gasteiger partial charge in [0.25, 0.3) is 5.91 Å². The molecule has 0 saturated heterocycles. The van der Waals surface area contributed by atoms with Crippen molar-refractivity contribution in [1.29, 1.82) is 0 Å². The third kappa shape index (κ3) is 4.02. The summed E-state index contributed by atoms with van der Waals surface area (Å²) in [5.41, 5.74) is 0.897. The van der Waals surface area contributed by atoms with E-state index in [-0.39, 0.29) is 19.3 Å². The molecule has 2 atom stereocenters. The maximum atomic E-state index is 12.7. The van der Waals surface area contributed by atoms with Gasteiger partial charge in [-0.15, -0.1) is 0 Å². The highest BCUT2D eigenvalue weighted by Gasteiger charge is 2.34. The normalized spacial score (nSPS) is 18.4. The van der Waals surface area contributed by atoms with Crippen LogP contribution in [-0.2, 0) is 11.4 Å². The molecule has 1 aromatic heterocycles. The van der Waals surface area contributed by atoms with Gasteiger partial charge in [0.2, 0.25) is 18.8 Å². The van der Waals surface area contributed by atoms with Crippen molar-refractivity contribution >= 4 is 11.7 Å². The molecule has 9 heteroatoms. The minimum atomic E-state index is -0.817. The van der Waals surface area contributed by atoms with Crippen molar-refractivity contribution in [3.05, 3.63) is 60.4 Å². The second-order valence-corrected chi connectivity index (χ2v) is 7.02. The van der Waals surface area contributed by atoms with E-state index in [2.05, 4.69) is 15.3 Å². The standard InChI is InChI=1S/C22H19N3O6/c1-13-21(31-17-5-3-2-4-16(17)30-13)22(26)25-19-9-20(24-11-23-19)27-10-14-6-7-15-18(8-14)29-12-28-15/h2-9,11,13,21H,10,12H2,1H3,(H,23,24,25,26)/t13-,21+/m0/s1. The molecule has 3 aromatic rings. The molecule has 0 aliphatic carbocycles. The molecule has 0 spiro atoms. The number of benzene rings is 2. The Labute approximate surface area is 177 Å². The van der Waals surface area contributed by atoms with E-state index in [1.54, 1.807) is 25.1 Å². The quantitative estimate of drug-likeness (QED) is 0.671. The van der Waals surface area contributed by atoms with Crippen molar-refractivity contribution in [2.75, 3.05) is 12.1 Å². The molecule has 0 radical (unpaired) electrons. The molecule has 1 N–H and O–H groups in total. The largest absolute Gasteiger partial charge is 0.482 e. The molecule has 3 heterocycles. The number of nitrogens with one attached hydrogen (secondary N) is 1. The number of anilines is 1. The van der Waals surface area contributed by atoms with Gasteiger partial charge in [0.1, 0.15) is 24.9 Å². The van der Waals surface area contributed by atoms with Crippen molar-refractivity contribution in [2.24, 2.45) is 0 Å². The Balaban J connectivity index is 1.22. The van der Waals surface area contributed by atoms with E-state index in [0.29, 0.717) is 34.7 Å². The van der Waals surface area contributed by atoms with E-state index in [0.717, 1.165) is 5.56 Å². The number of aromatic nitrogens is 2. The molecule has 0 saturated carbocycles. The zero-order valence-electron chi connectivity index (χ0n) is 16.6. The third-order valence-electron chi connectivity index (χ3n) is 4.82. The topological polar surface area (TPSA) is 101 Å². The molecule has 9 nitrogen and oxygen atoms in total. The summed E-state index contributed by atoms with van der Waals surface area (Å²) in [5, 5.41) is 2.73. The predicted octanol–water partition coefficient (Wildman–Crippen LogP) is 2.95. The van der Waals surface area contributed by atoms with Crippen LogP contribution in [0.15, 0.2) is 54.9 Å². The molecule has 2 aliphatic heterocycles. The first-order valence-corrected chi connectivity index (χ1v) is 9.72. The Morgan fingerprint density at radius 1 is 1.03 bits per heavy atom. The Morgan fingerprint density at radius 2 is 1.84 bits per heavy atom. The predicted molar refractivity (Wildman–Crippen MR) is 109 cm³/mol. The first-order chi connectivity index (χ1) is 15.2. The van der Waals surface area contributed by atoms with Gasteiger partial charge in [-0.05, 0) is 36.8 Å². The first-order valence-electron chi connectivity index (χ1n) is 9.72. The fourth-order valence-corrected chi connectivity index (χ4v) is 3.28. The molecule has 2 aliphatic rings. The van der Waals surface area contributed by atoms with Gasteiger partial charge in [0.15, 0.2) is 23.0 Å². The summed E-state index contributed by atoms with van der Waals surface area (Å²) in [6.07, 6.45) is 0.0444. The van der Waals surface area contributed by atoms with Crippen LogP contribution in [0.4, 0.5) is 5.82 Å².